The maximum atomic E-state index is 12.9. The zero-order valence-electron chi connectivity index (χ0n) is 15.4. The minimum absolute atomic E-state index is 0.0816. The number of benzene rings is 1. The number of carboxylic acids is 1. The van der Waals surface area contributed by atoms with Crippen molar-refractivity contribution in [2.24, 2.45) is 5.16 Å². The molecule has 0 saturated heterocycles. The monoisotopic (exact) mass is 370 g/mol. The lowest BCUT2D eigenvalue weighted by Crippen LogP contribution is -2.51. The molecule has 0 bridgehead atoms. The highest BCUT2D eigenvalue weighted by atomic mass is 16.7. The van der Waals surface area contributed by atoms with Crippen LogP contribution in [-0.4, -0.2) is 34.3 Å². The number of hydrogen-bond acceptors (Lipinski definition) is 4. The minimum atomic E-state index is -1.46. The Morgan fingerprint density at radius 3 is 2.52 bits per heavy atom. The van der Waals surface area contributed by atoms with E-state index in [2.05, 4.69) is 10.5 Å². The number of rotatable bonds is 6. The third kappa shape index (κ3) is 5.18. The molecule has 1 heterocycles. The molecule has 0 spiro atoms. The van der Waals surface area contributed by atoms with Crippen LogP contribution in [0.1, 0.15) is 56.9 Å². The Bertz CT molecular complexity index is 721. The first-order chi connectivity index (χ1) is 13.1. The SMILES string of the molecule is O=C(O)C[C@]1(C(=O)NC2CCCCCC2)CC(C=Cc2ccccc2)=NO1. The molecule has 1 aromatic rings. The summed E-state index contributed by atoms with van der Waals surface area (Å²) < 4.78 is 0. The van der Waals surface area contributed by atoms with Gasteiger partial charge in [-0.05, 0) is 24.5 Å². The van der Waals surface area contributed by atoms with Crippen LogP contribution < -0.4 is 5.32 Å². The molecule has 0 aromatic heterocycles. The predicted octanol–water partition coefficient (Wildman–Crippen LogP) is 3.53. The second-order valence-electron chi connectivity index (χ2n) is 7.32. The lowest BCUT2D eigenvalue weighted by atomic mass is 9.91. The second kappa shape index (κ2) is 8.84. The van der Waals surface area contributed by atoms with Gasteiger partial charge in [-0.1, -0.05) is 67.2 Å². The van der Waals surface area contributed by atoms with Gasteiger partial charge in [-0.3, -0.25) is 9.59 Å². The molecule has 0 radical (unpaired) electrons. The van der Waals surface area contributed by atoms with Crippen molar-refractivity contribution in [1.82, 2.24) is 5.32 Å². The van der Waals surface area contributed by atoms with Crippen molar-refractivity contribution >= 4 is 23.7 Å². The van der Waals surface area contributed by atoms with Crippen LogP contribution in [0.4, 0.5) is 0 Å². The molecule has 2 N–H and O–H groups in total. The topological polar surface area (TPSA) is 88.0 Å². The largest absolute Gasteiger partial charge is 0.481 e. The van der Waals surface area contributed by atoms with Crippen molar-refractivity contribution in [3.8, 4) is 0 Å². The van der Waals surface area contributed by atoms with Crippen molar-refractivity contribution in [3.05, 3.63) is 42.0 Å². The molecule has 6 nitrogen and oxygen atoms in total. The fourth-order valence-corrected chi connectivity index (χ4v) is 3.63. The predicted molar refractivity (Wildman–Crippen MR) is 103 cm³/mol. The van der Waals surface area contributed by atoms with Gasteiger partial charge in [0.25, 0.3) is 5.91 Å². The number of carboxylic acid groups (broad SMARTS) is 1. The van der Waals surface area contributed by atoms with E-state index in [0.717, 1.165) is 31.2 Å². The van der Waals surface area contributed by atoms with Gasteiger partial charge in [-0.25, -0.2) is 0 Å². The lowest BCUT2D eigenvalue weighted by Gasteiger charge is -2.26. The minimum Gasteiger partial charge on any atom is -0.481 e. The van der Waals surface area contributed by atoms with Gasteiger partial charge < -0.3 is 15.3 Å². The van der Waals surface area contributed by atoms with Gasteiger partial charge in [-0.2, -0.15) is 0 Å². The van der Waals surface area contributed by atoms with Crippen molar-refractivity contribution in [3.63, 3.8) is 0 Å². The summed E-state index contributed by atoms with van der Waals surface area (Å²) >= 11 is 0. The van der Waals surface area contributed by atoms with Crippen LogP contribution in [0.3, 0.4) is 0 Å². The summed E-state index contributed by atoms with van der Waals surface area (Å²) in [5.74, 6) is -1.45. The summed E-state index contributed by atoms with van der Waals surface area (Å²) in [5.41, 5.74) is 0.101. The zero-order valence-corrected chi connectivity index (χ0v) is 15.4. The third-order valence-corrected chi connectivity index (χ3v) is 5.11. The summed E-state index contributed by atoms with van der Waals surface area (Å²) in [6.07, 6.45) is 9.78. The summed E-state index contributed by atoms with van der Waals surface area (Å²) in [4.78, 5) is 29.7. The molecular formula is C21H26N2O4. The van der Waals surface area contributed by atoms with E-state index in [4.69, 9.17) is 4.84 Å². The molecule has 1 aromatic carbocycles. The van der Waals surface area contributed by atoms with Crippen LogP contribution in [-0.2, 0) is 14.4 Å². The van der Waals surface area contributed by atoms with Crippen LogP contribution in [0, 0.1) is 0 Å². The standard InChI is InChI=1S/C21H26N2O4/c24-19(25)15-21(20(26)22-17-10-6-1-2-7-11-17)14-18(23-27-21)13-12-16-8-4-3-5-9-16/h3-5,8-9,12-13,17H,1-2,6-7,10-11,14-15H2,(H,22,26)(H,24,25)/t21-/m0/s1. The van der Waals surface area contributed by atoms with Gasteiger partial charge in [-0.15, -0.1) is 0 Å². The van der Waals surface area contributed by atoms with Crippen molar-refractivity contribution in [2.45, 2.75) is 63.0 Å². The Hall–Kier alpha value is -2.63. The van der Waals surface area contributed by atoms with Gasteiger partial charge in [0.15, 0.2) is 0 Å². The number of carbonyl (C=O) groups excluding carboxylic acids is 1. The van der Waals surface area contributed by atoms with E-state index in [0.29, 0.717) is 5.71 Å². The molecule has 1 saturated carbocycles. The molecule has 1 aliphatic carbocycles. The molecule has 2 aliphatic rings. The number of hydrogen-bond donors (Lipinski definition) is 2. The lowest BCUT2D eigenvalue weighted by molar-refractivity contribution is -0.156. The van der Waals surface area contributed by atoms with Crippen molar-refractivity contribution < 1.29 is 19.5 Å². The normalized spacial score (nSPS) is 23.5. The van der Waals surface area contributed by atoms with E-state index in [1.165, 1.54) is 12.8 Å². The van der Waals surface area contributed by atoms with Crippen LogP contribution in [0.25, 0.3) is 6.08 Å². The fourth-order valence-electron chi connectivity index (χ4n) is 3.63. The van der Waals surface area contributed by atoms with Gasteiger partial charge in [0.2, 0.25) is 5.60 Å². The van der Waals surface area contributed by atoms with Gasteiger partial charge in [0.1, 0.15) is 0 Å². The van der Waals surface area contributed by atoms with Crippen LogP contribution in [0.2, 0.25) is 0 Å². The summed E-state index contributed by atoms with van der Waals surface area (Å²) in [6, 6.07) is 9.79. The molecular weight excluding hydrogens is 344 g/mol. The molecule has 0 unspecified atom stereocenters. The highest BCUT2D eigenvalue weighted by Gasteiger charge is 2.48. The first kappa shape index (κ1) is 19.1. The molecule has 1 fully saturated rings. The maximum Gasteiger partial charge on any atom is 0.308 e. The van der Waals surface area contributed by atoms with Crippen LogP contribution in [0.15, 0.2) is 41.6 Å². The number of amides is 1. The van der Waals surface area contributed by atoms with Crippen LogP contribution >= 0.6 is 0 Å². The van der Waals surface area contributed by atoms with E-state index in [-0.39, 0.29) is 18.4 Å². The number of oxime groups is 1. The molecule has 1 atom stereocenters. The van der Waals surface area contributed by atoms with Crippen molar-refractivity contribution in [2.75, 3.05) is 0 Å². The van der Waals surface area contributed by atoms with Crippen molar-refractivity contribution in [1.29, 1.82) is 0 Å². The van der Waals surface area contributed by atoms with Crippen LogP contribution in [0.5, 0.6) is 0 Å². The van der Waals surface area contributed by atoms with E-state index in [1.54, 1.807) is 6.08 Å². The van der Waals surface area contributed by atoms with E-state index < -0.39 is 18.0 Å². The smallest absolute Gasteiger partial charge is 0.308 e. The number of carbonyl (C=O) groups is 2. The van der Waals surface area contributed by atoms with Gasteiger partial charge in [0.05, 0.1) is 12.1 Å². The maximum absolute atomic E-state index is 12.9. The second-order valence-corrected chi connectivity index (χ2v) is 7.32. The molecule has 6 heteroatoms. The van der Waals surface area contributed by atoms with E-state index in [9.17, 15) is 14.7 Å². The van der Waals surface area contributed by atoms with E-state index in [1.807, 2.05) is 36.4 Å². The quantitative estimate of drug-likeness (QED) is 0.750. The Labute approximate surface area is 159 Å². The Balaban J connectivity index is 1.67. The molecule has 27 heavy (non-hydrogen) atoms. The highest BCUT2D eigenvalue weighted by Crippen LogP contribution is 2.30. The summed E-state index contributed by atoms with van der Waals surface area (Å²) in [7, 11) is 0. The Morgan fingerprint density at radius 2 is 1.85 bits per heavy atom. The number of nitrogens with one attached hydrogen (secondary N) is 1. The first-order valence-corrected chi connectivity index (χ1v) is 9.58. The van der Waals surface area contributed by atoms with Gasteiger partial charge in [0, 0.05) is 12.5 Å². The molecule has 144 valence electrons. The third-order valence-electron chi connectivity index (χ3n) is 5.11. The zero-order chi connectivity index (χ0) is 19.1. The average molecular weight is 370 g/mol. The molecule has 1 amide bonds. The fraction of sp³-hybridized carbons (Fsp3) is 0.476. The highest BCUT2D eigenvalue weighted by molar-refractivity contribution is 6.04. The molecule has 3 rings (SSSR count). The summed E-state index contributed by atoms with van der Waals surface area (Å²) in [6.45, 7) is 0. The Kier molecular flexibility index (Phi) is 6.27. The number of nitrogens with zero attached hydrogens (tertiary/aromatic N) is 1. The number of aliphatic carboxylic acids is 1. The summed E-state index contributed by atoms with van der Waals surface area (Å²) in [5, 5.41) is 16.3. The molecule has 1 aliphatic heterocycles. The Morgan fingerprint density at radius 1 is 1.15 bits per heavy atom. The van der Waals surface area contributed by atoms with Gasteiger partial charge >= 0.3 is 5.97 Å². The first-order valence-electron chi connectivity index (χ1n) is 9.58. The number of allylic oxidation sites excluding steroid dienone is 1. The average Bonchev–Trinajstić information content (AvgIpc) is 2.89. The van der Waals surface area contributed by atoms with E-state index >= 15 is 0 Å².